The molecule has 0 aliphatic heterocycles. The van der Waals surface area contributed by atoms with Crippen LogP contribution in [0.15, 0.2) is 29.6 Å². The number of hydrogen-bond donors (Lipinski definition) is 0. The summed E-state index contributed by atoms with van der Waals surface area (Å²) in [4.78, 5) is 11.2. The van der Waals surface area contributed by atoms with Crippen molar-refractivity contribution < 1.29 is 9.53 Å². The van der Waals surface area contributed by atoms with Crippen molar-refractivity contribution in [1.82, 2.24) is 14.6 Å². The third kappa shape index (κ3) is 2.97. The van der Waals surface area contributed by atoms with Crippen LogP contribution in [0.3, 0.4) is 0 Å². The zero-order chi connectivity index (χ0) is 12.1. The van der Waals surface area contributed by atoms with Crippen molar-refractivity contribution in [3.05, 3.63) is 24.4 Å². The number of esters is 1. The molecule has 0 unspecified atom stereocenters. The van der Waals surface area contributed by atoms with Crippen LogP contribution in [0.5, 0.6) is 0 Å². The average molecular weight is 251 g/mol. The summed E-state index contributed by atoms with van der Waals surface area (Å²) in [7, 11) is 0. The molecule has 90 valence electrons. The van der Waals surface area contributed by atoms with E-state index in [1.54, 1.807) is 6.92 Å². The van der Waals surface area contributed by atoms with Gasteiger partial charge in [0, 0.05) is 11.9 Å². The van der Waals surface area contributed by atoms with Crippen LogP contribution < -0.4 is 0 Å². The van der Waals surface area contributed by atoms with E-state index in [0.29, 0.717) is 18.8 Å². The normalized spacial score (nSPS) is 10.6. The summed E-state index contributed by atoms with van der Waals surface area (Å²) in [5, 5.41) is 8.89. The first-order chi connectivity index (χ1) is 8.31. The molecule has 0 saturated carbocycles. The van der Waals surface area contributed by atoms with Gasteiger partial charge in [-0.05, 0) is 19.1 Å². The number of hydrogen-bond acceptors (Lipinski definition) is 5. The van der Waals surface area contributed by atoms with Crippen molar-refractivity contribution in [1.29, 1.82) is 0 Å². The van der Waals surface area contributed by atoms with E-state index in [-0.39, 0.29) is 5.97 Å². The zero-order valence-corrected chi connectivity index (χ0v) is 10.3. The summed E-state index contributed by atoms with van der Waals surface area (Å²) < 4.78 is 6.75. The Hall–Kier alpha value is -1.56. The van der Waals surface area contributed by atoms with Gasteiger partial charge < -0.3 is 4.74 Å². The van der Waals surface area contributed by atoms with E-state index in [1.807, 2.05) is 28.8 Å². The molecule has 0 bridgehead atoms. The Bertz CT molecular complexity index is 512. The monoisotopic (exact) mass is 251 g/mol. The van der Waals surface area contributed by atoms with E-state index in [4.69, 9.17) is 4.74 Å². The lowest BCUT2D eigenvalue weighted by Gasteiger charge is -2.00. The van der Waals surface area contributed by atoms with E-state index >= 15 is 0 Å². The lowest BCUT2D eigenvalue weighted by Crippen LogP contribution is -2.04. The quantitative estimate of drug-likeness (QED) is 0.599. The van der Waals surface area contributed by atoms with Gasteiger partial charge in [-0.2, -0.15) is 0 Å². The molecule has 17 heavy (non-hydrogen) atoms. The van der Waals surface area contributed by atoms with E-state index < -0.39 is 0 Å². The molecule has 0 aliphatic rings. The molecule has 2 aromatic heterocycles. The fraction of sp³-hybridized carbons (Fsp3) is 0.364. The van der Waals surface area contributed by atoms with Crippen LogP contribution in [0.4, 0.5) is 0 Å². The van der Waals surface area contributed by atoms with Crippen molar-refractivity contribution in [2.24, 2.45) is 0 Å². The highest BCUT2D eigenvalue weighted by molar-refractivity contribution is 7.99. The van der Waals surface area contributed by atoms with Crippen molar-refractivity contribution in [2.75, 3.05) is 12.4 Å². The first-order valence-corrected chi connectivity index (χ1v) is 6.38. The molecule has 0 aromatic carbocycles. The number of ether oxygens (including phenoxy) is 1. The van der Waals surface area contributed by atoms with Gasteiger partial charge in [0.25, 0.3) is 0 Å². The Kier molecular flexibility index (Phi) is 3.98. The maximum Gasteiger partial charge on any atom is 0.306 e. The second kappa shape index (κ2) is 5.67. The molecule has 0 aliphatic carbocycles. The molecule has 0 spiro atoms. The van der Waals surface area contributed by atoms with Crippen LogP contribution in [-0.2, 0) is 9.53 Å². The third-order valence-electron chi connectivity index (χ3n) is 2.13. The van der Waals surface area contributed by atoms with Gasteiger partial charge in [-0.25, -0.2) is 0 Å². The maximum atomic E-state index is 11.2. The minimum atomic E-state index is -0.172. The largest absolute Gasteiger partial charge is 0.466 e. The molecule has 0 radical (unpaired) electrons. The highest BCUT2D eigenvalue weighted by atomic mass is 32.2. The SMILES string of the molecule is CCOC(=O)CCSc1nnc2ccccn12. The van der Waals surface area contributed by atoms with Crippen LogP contribution in [0.2, 0.25) is 0 Å². The number of fused-ring (bicyclic) bond motifs is 1. The van der Waals surface area contributed by atoms with Crippen LogP contribution in [0.25, 0.3) is 5.65 Å². The third-order valence-corrected chi connectivity index (χ3v) is 3.07. The average Bonchev–Trinajstić information content (AvgIpc) is 2.73. The predicted octanol–water partition coefficient (Wildman–Crippen LogP) is 1.77. The Labute approximate surface area is 103 Å². The number of nitrogens with zero attached hydrogens (tertiary/aromatic N) is 3. The second-order valence-electron chi connectivity index (χ2n) is 3.31. The molecule has 0 atom stereocenters. The van der Waals surface area contributed by atoms with Crippen molar-refractivity contribution in [3.63, 3.8) is 0 Å². The molecule has 2 heterocycles. The van der Waals surface area contributed by atoms with E-state index in [0.717, 1.165) is 10.8 Å². The fourth-order valence-electron chi connectivity index (χ4n) is 1.38. The summed E-state index contributed by atoms with van der Waals surface area (Å²) in [6.07, 6.45) is 2.29. The molecule has 6 heteroatoms. The zero-order valence-electron chi connectivity index (χ0n) is 9.50. The number of carbonyl (C=O) groups excluding carboxylic acids is 1. The predicted molar refractivity (Wildman–Crippen MR) is 65.0 cm³/mol. The first kappa shape index (κ1) is 11.9. The van der Waals surface area contributed by atoms with Gasteiger partial charge in [0.1, 0.15) is 0 Å². The minimum Gasteiger partial charge on any atom is -0.466 e. The Morgan fingerprint density at radius 2 is 2.35 bits per heavy atom. The lowest BCUT2D eigenvalue weighted by atomic mass is 10.5. The summed E-state index contributed by atoms with van der Waals surface area (Å²) in [5.41, 5.74) is 0.811. The topological polar surface area (TPSA) is 56.5 Å². The van der Waals surface area contributed by atoms with Crippen LogP contribution in [-0.4, -0.2) is 32.9 Å². The van der Waals surface area contributed by atoms with Crippen LogP contribution in [0, 0.1) is 0 Å². The van der Waals surface area contributed by atoms with Gasteiger partial charge in [-0.15, -0.1) is 10.2 Å². The van der Waals surface area contributed by atoms with Gasteiger partial charge in [0.05, 0.1) is 13.0 Å². The Balaban J connectivity index is 1.93. The first-order valence-electron chi connectivity index (χ1n) is 5.39. The maximum absolute atomic E-state index is 11.2. The fourth-order valence-corrected chi connectivity index (χ4v) is 2.22. The lowest BCUT2D eigenvalue weighted by molar-refractivity contribution is -0.142. The summed E-state index contributed by atoms with van der Waals surface area (Å²) in [6.45, 7) is 2.23. The van der Waals surface area contributed by atoms with Crippen molar-refractivity contribution >= 4 is 23.4 Å². The number of aromatic nitrogens is 3. The van der Waals surface area contributed by atoms with Gasteiger partial charge in [0.15, 0.2) is 10.8 Å². The Morgan fingerprint density at radius 3 is 3.18 bits per heavy atom. The Morgan fingerprint density at radius 1 is 1.47 bits per heavy atom. The van der Waals surface area contributed by atoms with Gasteiger partial charge >= 0.3 is 5.97 Å². The molecular weight excluding hydrogens is 238 g/mol. The summed E-state index contributed by atoms with van der Waals surface area (Å²) in [5.74, 6) is 0.475. The number of thioether (sulfide) groups is 1. The standard InChI is InChI=1S/C11H13N3O2S/c1-2-16-10(15)6-8-17-11-13-12-9-5-3-4-7-14(9)11/h3-5,7H,2,6,8H2,1H3. The second-order valence-corrected chi connectivity index (χ2v) is 4.38. The van der Waals surface area contributed by atoms with E-state index in [1.165, 1.54) is 11.8 Å². The van der Waals surface area contributed by atoms with Gasteiger partial charge in [-0.1, -0.05) is 17.8 Å². The molecule has 0 fully saturated rings. The smallest absolute Gasteiger partial charge is 0.306 e. The van der Waals surface area contributed by atoms with Gasteiger partial charge in [-0.3, -0.25) is 9.20 Å². The number of pyridine rings is 1. The van der Waals surface area contributed by atoms with Crippen LogP contribution in [0.1, 0.15) is 13.3 Å². The molecule has 0 saturated heterocycles. The number of carbonyl (C=O) groups is 1. The highest BCUT2D eigenvalue weighted by Crippen LogP contribution is 2.17. The molecule has 5 nitrogen and oxygen atoms in total. The molecule has 0 N–H and O–H groups in total. The van der Waals surface area contributed by atoms with Crippen molar-refractivity contribution in [3.8, 4) is 0 Å². The van der Waals surface area contributed by atoms with E-state index in [9.17, 15) is 4.79 Å². The molecule has 0 amide bonds. The van der Waals surface area contributed by atoms with Crippen LogP contribution >= 0.6 is 11.8 Å². The molecular formula is C11H13N3O2S. The highest BCUT2D eigenvalue weighted by Gasteiger charge is 2.07. The molecule has 2 rings (SSSR count). The molecule has 2 aromatic rings. The minimum absolute atomic E-state index is 0.172. The summed E-state index contributed by atoms with van der Waals surface area (Å²) in [6, 6.07) is 5.73. The summed E-state index contributed by atoms with van der Waals surface area (Å²) >= 11 is 1.50. The van der Waals surface area contributed by atoms with Crippen molar-refractivity contribution in [2.45, 2.75) is 18.5 Å². The van der Waals surface area contributed by atoms with Gasteiger partial charge in [0.2, 0.25) is 0 Å². The van der Waals surface area contributed by atoms with E-state index in [2.05, 4.69) is 10.2 Å². The number of rotatable bonds is 5.